The molecule has 0 aliphatic carbocycles. The van der Waals surface area contributed by atoms with Crippen LogP contribution in [0.1, 0.15) is 5.56 Å². The number of anilines is 1. The first kappa shape index (κ1) is 14.9. The maximum absolute atomic E-state index is 6.22. The van der Waals surface area contributed by atoms with Gasteiger partial charge in [-0.15, -0.1) is 0 Å². The summed E-state index contributed by atoms with van der Waals surface area (Å²) in [6, 6.07) is 5.90. The molecule has 0 amide bonds. The van der Waals surface area contributed by atoms with Gasteiger partial charge in [-0.2, -0.15) is 5.43 Å². The Balaban J connectivity index is 1.84. The lowest BCUT2D eigenvalue weighted by molar-refractivity contribution is 0.300. The van der Waals surface area contributed by atoms with Gasteiger partial charge >= 0.3 is 0 Å². The molecule has 3 rings (SSSR count). The summed E-state index contributed by atoms with van der Waals surface area (Å²) in [6.07, 6.45) is 0. The van der Waals surface area contributed by atoms with Crippen molar-refractivity contribution in [3.8, 4) is 5.75 Å². The molecule has 22 heavy (non-hydrogen) atoms. The van der Waals surface area contributed by atoms with Crippen LogP contribution in [-0.4, -0.2) is 51.2 Å². The Morgan fingerprint density at radius 2 is 2.27 bits per heavy atom. The van der Waals surface area contributed by atoms with E-state index in [4.69, 9.17) is 16.2 Å². The van der Waals surface area contributed by atoms with E-state index in [1.54, 1.807) is 0 Å². The molecule has 8 heteroatoms. The fourth-order valence-electron chi connectivity index (χ4n) is 2.61. The zero-order chi connectivity index (χ0) is 15.7. The molecule has 2 aliphatic rings. The number of likely N-dealkylation sites (N-methyl/N-ethyl adjacent to an activating group) is 1. The van der Waals surface area contributed by atoms with Gasteiger partial charge in [0.2, 0.25) is 11.7 Å². The first-order valence-electron chi connectivity index (χ1n) is 7.32. The zero-order valence-electron chi connectivity index (χ0n) is 13.0. The Bertz CT molecular complexity index is 589. The lowest BCUT2D eigenvalue weighted by Gasteiger charge is -2.33. The van der Waals surface area contributed by atoms with E-state index in [2.05, 4.69) is 39.7 Å². The third kappa shape index (κ3) is 2.80. The van der Waals surface area contributed by atoms with Crippen LogP contribution in [0, 0.1) is 0 Å². The zero-order valence-corrected chi connectivity index (χ0v) is 13.0. The number of aliphatic imine (C=N–C) groups is 1. The van der Waals surface area contributed by atoms with Crippen molar-refractivity contribution < 1.29 is 4.74 Å². The molecule has 1 aromatic carbocycles. The number of fused-ring (bicyclic) bond motifs is 1. The van der Waals surface area contributed by atoms with E-state index in [0.29, 0.717) is 6.61 Å². The monoisotopic (exact) mass is 305 g/mol. The number of nitrogens with one attached hydrogen (secondary N) is 2. The average Bonchev–Trinajstić information content (AvgIpc) is 2.85. The van der Waals surface area contributed by atoms with Crippen LogP contribution in [0.2, 0.25) is 0 Å². The van der Waals surface area contributed by atoms with E-state index in [1.165, 1.54) is 0 Å². The van der Waals surface area contributed by atoms with Gasteiger partial charge in [-0.25, -0.2) is 4.99 Å². The maximum Gasteiger partial charge on any atom is 0.209 e. The topological polar surface area (TPSA) is 104 Å². The van der Waals surface area contributed by atoms with Crippen LogP contribution in [0.4, 0.5) is 5.69 Å². The molecule has 0 saturated carbocycles. The van der Waals surface area contributed by atoms with Crippen LogP contribution in [0.15, 0.2) is 23.2 Å². The number of hydrogen-bond acceptors (Lipinski definition) is 8. The highest BCUT2D eigenvalue weighted by molar-refractivity contribution is 5.79. The van der Waals surface area contributed by atoms with E-state index in [9.17, 15) is 0 Å². The lowest BCUT2D eigenvalue weighted by atomic mass is 10.1. The fourth-order valence-corrected chi connectivity index (χ4v) is 2.61. The minimum absolute atomic E-state index is 0.272. The molecule has 1 atom stereocenters. The molecule has 6 N–H and O–H groups in total. The SMILES string of the molecule is CN(C)CCN1CCOc2cc(C3(N)N=C(N)NN3)ccc21. The number of hydrazine groups is 1. The molecule has 0 radical (unpaired) electrons. The molecular formula is C14H23N7O. The van der Waals surface area contributed by atoms with Gasteiger partial charge in [0.25, 0.3) is 0 Å². The summed E-state index contributed by atoms with van der Waals surface area (Å²) < 4.78 is 5.79. The molecule has 1 aromatic rings. The van der Waals surface area contributed by atoms with Gasteiger partial charge in [0.05, 0.1) is 12.2 Å². The molecule has 1 unspecified atom stereocenters. The Morgan fingerprint density at radius 1 is 1.45 bits per heavy atom. The second-order valence-electron chi connectivity index (χ2n) is 5.83. The molecule has 0 saturated heterocycles. The molecule has 2 heterocycles. The predicted molar refractivity (Wildman–Crippen MR) is 86.5 cm³/mol. The number of ether oxygens (including phenoxy) is 1. The van der Waals surface area contributed by atoms with Crippen molar-refractivity contribution in [1.29, 1.82) is 0 Å². The summed E-state index contributed by atoms with van der Waals surface area (Å²) >= 11 is 0. The van der Waals surface area contributed by atoms with Crippen LogP contribution in [0.5, 0.6) is 5.75 Å². The maximum atomic E-state index is 6.22. The Hall–Kier alpha value is -2.03. The van der Waals surface area contributed by atoms with Crippen LogP contribution < -0.4 is 32.0 Å². The largest absolute Gasteiger partial charge is 0.490 e. The lowest BCUT2D eigenvalue weighted by Crippen LogP contribution is -2.50. The number of benzene rings is 1. The number of nitrogens with two attached hydrogens (primary N) is 2. The van der Waals surface area contributed by atoms with Crippen LogP contribution in [0.3, 0.4) is 0 Å². The van der Waals surface area contributed by atoms with Crippen molar-refractivity contribution in [2.24, 2.45) is 16.5 Å². The van der Waals surface area contributed by atoms with Gasteiger partial charge in [-0.3, -0.25) is 11.2 Å². The molecule has 2 aliphatic heterocycles. The van der Waals surface area contributed by atoms with Gasteiger partial charge < -0.3 is 20.3 Å². The van der Waals surface area contributed by atoms with Crippen LogP contribution >= 0.6 is 0 Å². The van der Waals surface area contributed by atoms with Crippen molar-refractivity contribution in [3.05, 3.63) is 23.8 Å². The standard InChI is InChI=1S/C14H23N7O/c1-20(2)5-6-21-7-8-22-12-9-10(3-4-11(12)21)14(16)17-13(15)18-19-14/h3-4,9,19H,5-8,16H2,1-2H3,(H3,15,17,18). The quantitative estimate of drug-likeness (QED) is 0.562. The van der Waals surface area contributed by atoms with Gasteiger partial charge in [-0.1, -0.05) is 6.07 Å². The highest BCUT2D eigenvalue weighted by Gasteiger charge is 2.33. The Kier molecular flexibility index (Phi) is 3.81. The molecule has 0 spiro atoms. The van der Waals surface area contributed by atoms with E-state index in [-0.39, 0.29) is 5.96 Å². The van der Waals surface area contributed by atoms with E-state index >= 15 is 0 Å². The molecule has 0 fully saturated rings. The first-order valence-corrected chi connectivity index (χ1v) is 7.32. The third-order valence-electron chi connectivity index (χ3n) is 3.85. The van der Waals surface area contributed by atoms with Crippen LogP contribution in [-0.2, 0) is 5.79 Å². The second-order valence-corrected chi connectivity index (χ2v) is 5.83. The Morgan fingerprint density at radius 3 is 2.95 bits per heavy atom. The summed E-state index contributed by atoms with van der Waals surface area (Å²) in [4.78, 5) is 8.69. The minimum atomic E-state index is -1.06. The van der Waals surface area contributed by atoms with Gasteiger partial charge in [-0.05, 0) is 26.2 Å². The molecule has 8 nitrogen and oxygen atoms in total. The fraction of sp³-hybridized carbons (Fsp3) is 0.500. The highest BCUT2D eigenvalue weighted by Crippen LogP contribution is 2.34. The summed E-state index contributed by atoms with van der Waals surface area (Å²) in [5, 5.41) is 0. The summed E-state index contributed by atoms with van der Waals surface area (Å²) in [6.45, 7) is 3.51. The third-order valence-corrected chi connectivity index (χ3v) is 3.85. The summed E-state index contributed by atoms with van der Waals surface area (Å²) in [5.41, 5.74) is 19.3. The first-order chi connectivity index (χ1) is 10.5. The minimum Gasteiger partial charge on any atom is -0.490 e. The van der Waals surface area contributed by atoms with Gasteiger partial charge in [0.15, 0.2) is 0 Å². The van der Waals surface area contributed by atoms with E-state index < -0.39 is 5.79 Å². The molecular weight excluding hydrogens is 282 g/mol. The molecule has 0 aromatic heterocycles. The average molecular weight is 305 g/mol. The van der Waals surface area contributed by atoms with Crippen molar-refractivity contribution in [2.45, 2.75) is 5.79 Å². The molecule has 120 valence electrons. The summed E-state index contributed by atoms with van der Waals surface area (Å²) in [7, 11) is 4.15. The number of rotatable bonds is 4. The Labute approximate surface area is 130 Å². The van der Waals surface area contributed by atoms with E-state index in [0.717, 1.165) is 36.6 Å². The number of nitrogens with zero attached hydrogens (tertiary/aromatic N) is 3. The number of hydrogen-bond donors (Lipinski definition) is 4. The van der Waals surface area contributed by atoms with E-state index in [1.807, 2.05) is 18.2 Å². The van der Waals surface area contributed by atoms with Gasteiger partial charge in [0.1, 0.15) is 12.4 Å². The number of guanidine groups is 1. The van der Waals surface area contributed by atoms with Gasteiger partial charge in [0, 0.05) is 18.7 Å². The normalized spacial score (nSPS) is 23.8. The van der Waals surface area contributed by atoms with Crippen molar-refractivity contribution in [2.75, 3.05) is 45.2 Å². The molecule has 0 bridgehead atoms. The predicted octanol–water partition coefficient (Wildman–Crippen LogP) is -1.06. The van der Waals surface area contributed by atoms with Crippen molar-refractivity contribution in [3.63, 3.8) is 0 Å². The van der Waals surface area contributed by atoms with Crippen molar-refractivity contribution >= 4 is 11.6 Å². The van der Waals surface area contributed by atoms with Crippen LogP contribution in [0.25, 0.3) is 0 Å². The second kappa shape index (κ2) is 5.64. The summed E-state index contributed by atoms with van der Waals surface area (Å²) in [5.74, 6) is 0.0394. The van der Waals surface area contributed by atoms with Crippen molar-refractivity contribution in [1.82, 2.24) is 15.8 Å². The highest BCUT2D eigenvalue weighted by atomic mass is 16.5. The smallest absolute Gasteiger partial charge is 0.209 e.